The van der Waals surface area contributed by atoms with Crippen LogP contribution in [0.2, 0.25) is 0 Å². The minimum Gasteiger partial charge on any atom is -0.744 e. The van der Waals surface area contributed by atoms with Crippen molar-refractivity contribution in [2.45, 2.75) is 86.3 Å². The molecule has 2 unspecified atom stereocenters. The molecule has 22 heteroatoms. The lowest BCUT2D eigenvalue weighted by molar-refractivity contribution is -0.438. The van der Waals surface area contributed by atoms with Gasteiger partial charge in [-0.15, -0.1) is 0 Å². The molecular formula is C45H65N2O17S3-. The van der Waals surface area contributed by atoms with Crippen molar-refractivity contribution < 1.29 is 81.8 Å². The molecule has 2 aromatic rings. The Balaban J connectivity index is 1.59. The Morgan fingerprint density at radius 3 is 1.78 bits per heavy atom. The summed E-state index contributed by atoms with van der Waals surface area (Å²) in [5.74, 6) is -1.49. The summed E-state index contributed by atoms with van der Waals surface area (Å²) in [6, 6.07) is 8.34. The minimum absolute atomic E-state index is 0.0166. The van der Waals surface area contributed by atoms with Crippen LogP contribution in [0.25, 0.3) is 0 Å². The fraction of sp³-hybridized carbons (Fsp3) is 0.600. The lowest BCUT2D eigenvalue weighted by Crippen LogP contribution is -2.32. The number of aliphatic carboxylic acids is 1. The second kappa shape index (κ2) is 25.8. The molecule has 2 aliphatic rings. The largest absolute Gasteiger partial charge is 0.744 e. The average Bonchev–Trinajstić information content (AvgIpc) is 3.63. The molecule has 0 saturated carbocycles. The van der Waals surface area contributed by atoms with Crippen molar-refractivity contribution >= 4 is 53.4 Å². The standard InChI is InChI=1S/C45H66N2O17S3/c1-5-46-39-16-14-35(66(53,54)55)33-37(39)45(3,19-21-60-24-25-62-28-29-64-31-30-63-27-26-61-23-22-59-4)41(46)11-9-12-42-44(2,18-10-32-65(50,51)52)38-34-36(67(56,57)58)15-17-40(38)47(42)20-8-6-7-13-43(48)49/h9,11-12,14-17,33-34H,5-8,10,13,18-32H2,1-4H3,(H3-,48,49,50,51,52,53,54,55,56,57,58)/p-1. The topological polar surface area (TPSA) is 268 Å². The van der Waals surface area contributed by atoms with Gasteiger partial charge in [0.2, 0.25) is 5.69 Å². The van der Waals surface area contributed by atoms with Crippen molar-refractivity contribution in [1.82, 2.24) is 0 Å². The van der Waals surface area contributed by atoms with Crippen molar-refractivity contribution in [3.63, 3.8) is 0 Å². The van der Waals surface area contributed by atoms with Crippen LogP contribution in [0.4, 0.5) is 11.4 Å². The van der Waals surface area contributed by atoms with Gasteiger partial charge in [0.05, 0.1) is 87.0 Å². The van der Waals surface area contributed by atoms with Gasteiger partial charge in [0.1, 0.15) is 26.8 Å². The van der Waals surface area contributed by atoms with Gasteiger partial charge in [-0.2, -0.15) is 13.0 Å². The number of benzene rings is 2. The summed E-state index contributed by atoms with van der Waals surface area (Å²) in [5.41, 5.74) is 1.79. The molecule has 2 atom stereocenters. The summed E-state index contributed by atoms with van der Waals surface area (Å²) >= 11 is 0. The number of rotatable bonds is 33. The Kier molecular flexibility index (Phi) is 21.6. The van der Waals surface area contributed by atoms with Gasteiger partial charge in [-0.3, -0.25) is 9.35 Å². The Labute approximate surface area is 395 Å². The number of likely N-dealkylation sites (N-methyl/N-ethyl adjacent to an activating group) is 1. The normalized spacial score (nSPS) is 19.3. The minimum atomic E-state index is -4.89. The quantitative estimate of drug-likeness (QED) is 0.0565. The number of fused-ring (bicyclic) bond motifs is 2. The van der Waals surface area contributed by atoms with Crippen LogP contribution in [0.5, 0.6) is 0 Å². The zero-order chi connectivity index (χ0) is 49.3. The van der Waals surface area contributed by atoms with E-state index in [9.17, 15) is 48.8 Å². The number of allylic oxidation sites excluding steroid dienone is 4. The highest BCUT2D eigenvalue weighted by molar-refractivity contribution is 7.86. The number of carboxylic acid groups (broad SMARTS) is 1. The second-order valence-electron chi connectivity index (χ2n) is 16.5. The molecule has 0 radical (unpaired) electrons. The SMILES string of the molecule is CCN1/C(=C/C=C/C2=[N+](CCCCCC(=O)O)c3ccc(S(=O)(=O)[O-])cc3C2(C)CCCS(=O)(=O)O)C(C)(CCOCCOCCOCCOCCOCCOC)c2cc(S(=O)(=O)[O-])ccc21. The monoisotopic (exact) mass is 1000 g/mol. The van der Waals surface area contributed by atoms with Crippen LogP contribution in [0.15, 0.2) is 70.1 Å². The molecule has 2 aliphatic heterocycles. The average molecular weight is 1000 g/mol. The maximum atomic E-state index is 12.3. The van der Waals surface area contributed by atoms with E-state index in [1.165, 1.54) is 30.3 Å². The van der Waals surface area contributed by atoms with Gasteiger partial charge in [-0.05, 0) is 94.8 Å². The number of unbranched alkanes of at least 4 members (excludes halogenated alkanes) is 2. The molecule has 4 rings (SSSR count). The molecule has 0 aliphatic carbocycles. The van der Waals surface area contributed by atoms with Crippen LogP contribution < -0.4 is 4.90 Å². The van der Waals surface area contributed by atoms with Gasteiger partial charge in [0.15, 0.2) is 5.71 Å². The molecule has 0 bridgehead atoms. The summed E-state index contributed by atoms with van der Waals surface area (Å²) in [5, 5.41) is 9.19. The Morgan fingerprint density at radius 2 is 1.25 bits per heavy atom. The van der Waals surface area contributed by atoms with Crippen LogP contribution in [0.1, 0.15) is 76.8 Å². The number of anilines is 1. The molecule has 67 heavy (non-hydrogen) atoms. The molecule has 0 saturated heterocycles. The highest BCUT2D eigenvalue weighted by atomic mass is 32.2. The highest BCUT2D eigenvalue weighted by Gasteiger charge is 2.48. The van der Waals surface area contributed by atoms with Crippen LogP contribution in [0.3, 0.4) is 0 Å². The van der Waals surface area contributed by atoms with E-state index in [0.717, 1.165) is 5.70 Å². The van der Waals surface area contributed by atoms with Crippen molar-refractivity contribution in [3.05, 3.63) is 71.5 Å². The summed E-state index contributed by atoms with van der Waals surface area (Å²) < 4.78 is 142. The predicted molar refractivity (Wildman–Crippen MR) is 246 cm³/mol. The van der Waals surface area contributed by atoms with Crippen LogP contribution >= 0.6 is 0 Å². The molecule has 19 nitrogen and oxygen atoms in total. The van der Waals surface area contributed by atoms with Gasteiger partial charge < -0.3 is 47.5 Å². The van der Waals surface area contributed by atoms with E-state index in [1.54, 1.807) is 26.2 Å². The van der Waals surface area contributed by atoms with E-state index >= 15 is 0 Å². The van der Waals surface area contributed by atoms with E-state index in [2.05, 4.69) is 0 Å². The molecule has 2 aromatic carbocycles. The Bertz CT molecular complexity index is 2400. The Hall–Kier alpha value is -3.65. The molecule has 0 spiro atoms. The zero-order valence-corrected chi connectivity index (χ0v) is 41.1. The number of carbonyl (C=O) groups is 1. The van der Waals surface area contributed by atoms with E-state index in [0.29, 0.717) is 126 Å². The first-order valence-corrected chi connectivity index (χ1v) is 26.7. The number of hydrogen-bond acceptors (Lipinski definition) is 16. The zero-order valence-electron chi connectivity index (χ0n) is 38.7. The molecule has 376 valence electrons. The second-order valence-corrected chi connectivity index (χ2v) is 20.9. The summed E-state index contributed by atoms with van der Waals surface area (Å²) in [6.45, 7) is 10.8. The van der Waals surface area contributed by atoms with E-state index in [4.69, 9.17) is 28.4 Å². The van der Waals surface area contributed by atoms with Crippen molar-refractivity contribution in [1.29, 1.82) is 0 Å². The lowest BCUT2D eigenvalue weighted by atomic mass is 9.75. The summed E-state index contributed by atoms with van der Waals surface area (Å²) in [4.78, 5) is 12.4. The van der Waals surface area contributed by atoms with Gasteiger partial charge in [-0.25, -0.2) is 16.8 Å². The van der Waals surface area contributed by atoms with Crippen LogP contribution in [-0.2, 0) is 74.4 Å². The number of hydrogen-bond donors (Lipinski definition) is 2. The first-order chi connectivity index (χ1) is 31.7. The van der Waals surface area contributed by atoms with Crippen LogP contribution in [-0.4, -0.2) is 159 Å². The molecule has 0 aromatic heterocycles. The number of carboxylic acids is 1. The number of ether oxygens (including phenoxy) is 6. The molecule has 2 heterocycles. The predicted octanol–water partition coefficient (Wildman–Crippen LogP) is 4.52. The van der Waals surface area contributed by atoms with Gasteiger partial charge in [-0.1, -0.05) is 6.08 Å². The number of nitrogens with zero attached hydrogens (tertiary/aromatic N) is 2. The maximum Gasteiger partial charge on any atom is 0.303 e. The van der Waals surface area contributed by atoms with Crippen molar-refractivity contribution in [2.24, 2.45) is 0 Å². The highest BCUT2D eigenvalue weighted by Crippen LogP contribution is 2.51. The third-order valence-electron chi connectivity index (χ3n) is 11.8. The van der Waals surface area contributed by atoms with E-state index < -0.39 is 57.8 Å². The van der Waals surface area contributed by atoms with E-state index in [1.807, 2.05) is 35.5 Å². The molecule has 0 fully saturated rings. The van der Waals surface area contributed by atoms with Gasteiger partial charge in [0.25, 0.3) is 10.1 Å². The fourth-order valence-corrected chi connectivity index (χ4v) is 9.95. The molecule has 0 amide bonds. The third-order valence-corrected chi connectivity index (χ3v) is 14.3. The van der Waals surface area contributed by atoms with Crippen molar-refractivity contribution in [3.8, 4) is 0 Å². The molecular weight excluding hydrogens is 937 g/mol. The third kappa shape index (κ3) is 16.2. The molecule has 2 N–H and O–H groups in total. The Morgan fingerprint density at radius 1 is 0.716 bits per heavy atom. The van der Waals surface area contributed by atoms with Crippen LogP contribution in [0, 0.1) is 0 Å². The lowest BCUT2D eigenvalue weighted by Gasteiger charge is -2.30. The van der Waals surface area contributed by atoms with Gasteiger partial charge >= 0.3 is 5.97 Å². The first-order valence-electron chi connectivity index (χ1n) is 22.2. The number of methoxy groups -OCH3 is 1. The maximum absolute atomic E-state index is 12.3. The van der Waals surface area contributed by atoms with Gasteiger partial charge in [0, 0.05) is 67.6 Å². The summed E-state index contributed by atoms with van der Waals surface area (Å²) in [7, 11) is -12.5. The summed E-state index contributed by atoms with van der Waals surface area (Å²) in [6.07, 6.45) is 7.45. The fourth-order valence-electron chi connectivity index (χ4n) is 8.44. The smallest absolute Gasteiger partial charge is 0.303 e. The first kappa shape index (κ1) is 55.9. The van der Waals surface area contributed by atoms with E-state index in [-0.39, 0.29) is 37.4 Å². The van der Waals surface area contributed by atoms with Crippen molar-refractivity contribution in [2.75, 3.05) is 104 Å².